The van der Waals surface area contributed by atoms with E-state index in [4.69, 9.17) is 14.2 Å². The van der Waals surface area contributed by atoms with Gasteiger partial charge in [-0.3, -0.25) is 19.2 Å². The first-order valence-electron chi connectivity index (χ1n) is 13.3. The fourth-order valence-electron chi connectivity index (χ4n) is 4.16. The van der Waals surface area contributed by atoms with Gasteiger partial charge in [0, 0.05) is 27.2 Å². The van der Waals surface area contributed by atoms with Crippen molar-refractivity contribution in [3.8, 4) is 0 Å². The molecule has 39 heavy (non-hydrogen) atoms. The number of unbranched alkanes of at least 4 members (excludes halogenated alkanes) is 6. The van der Waals surface area contributed by atoms with Gasteiger partial charge in [0.05, 0.1) is 12.7 Å². The van der Waals surface area contributed by atoms with Crippen LogP contribution in [0.4, 0.5) is 0 Å². The number of carbonyl (C=O) groups excluding carboxylic acids is 4. The van der Waals surface area contributed by atoms with Crippen molar-refractivity contribution in [3.63, 3.8) is 0 Å². The molecule has 0 amide bonds. The van der Waals surface area contributed by atoms with Crippen molar-refractivity contribution < 1.29 is 58.6 Å². The number of carboxylic acid groups (broad SMARTS) is 1. The normalized spacial score (nSPS) is 14.7. The van der Waals surface area contributed by atoms with Crippen LogP contribution in [0.5, 0.6) is 0 Å². The van der Waals surface area contributed by atoms with Gasteiger partial charge in [-0.25, -0.2) is 4.79 Å². The number of hydrogen-bond donors (Lipinski definition) is 4. The van der Waals surface area contributed by atoms with Crippen molar-refractivity contribution in [1.82, 2.24) is 0 Å². The Morgan fingerprint density at radius 3 is 1.85 bits per heavy atom. The number of rotatable bonds is 21. The number of carbonyl (C=O) groups is 5. The molecule has 0 aromatic carbocycles. The first-order valence-corrected chi connectivity index (χ1v) is 13.3. The topological polar surface area (TPSA) is 194 Å². The van der Waals surface area contributed by atoms with E-state index in [0.29, 0.717) is 25.7 Å². The average Bonchev–Trinajstić information content (AvgIpc) is 2.84. The molecule has 0 aliphatic rings. The second kappa shape index (κ2) is 18.5. The van der Waals surface area contributed by atoms with Crippen LogP contribution in [0.1, 0.15) is 98.3 Å². The number of ketones is 1. The second-order valence-corrected chi connectivity index (χ2v) is 9.39. The summed E-state index contributed by atoms with van der Waals surface area (Å²) in [6, 6.07) is 0. The van der Waals surface area contributed by atoms with Crippen molar-refractivity contribution in [2.45, 2.75) is 122 Å². The molecule has 12 nitrogen and oxygen atoms in total. The van der Waals surface area contributed by atoms with E-state index in [9.17, 15) is 44.4 Å². The summed E-state index contributed by atoms with van der Waals surface area (Å²) in [5, 5.41) is 39.4. The van der Waals surface area contributed by atoms with Crippen molar-refractivity contribution in [1.29, 1.82) is 0 Å². The maximum absolute atomic E-state index is 13.1. The number of esters is 3. The molecule has 0 bridgehead atoms. The van der Waals surface area contributed by atoms with E-state index >= 15 is 0 Å². The average molecular weight is 561 g/mol. The minimum atomic E-state index is -3.49. The molecule has 0 fully saturated rings. The van der Waals surface area contributed by atoms with Crippen LogP contribution in [0.3, 0.4) is 0 Å². The molecule has 0 saturated heterocycles. The summed E-state index contributed by atoms with van der Waals surface area (Å²) in [5.74, 6) is -10.5. The molecule has 0 heterocycles. The Balaban J connectivity index is 5.71. The fraction of sp³-hybridized carbons (Fsp3) is 0.741. The highest BCUT2D eigenvalue weighted by Crippen LogP contribution is 2.39. The number of hydrogen-bond acceptors (Lipinski definition) is 11. The number of aliphatic carboxylic acids is 1. The zero-order valence-corrected chi connectivity index (χ0v) is 23.3. The first-order chi connectivity index (χ1) is 18.3. The molecule has 0 radical (unpaired) electrons. The van der Waals surface area contributed by atoms with Crippen molar-refractivity contribution in [3.05, 3.63) is 12.2 Å². The number of ether oxygens (including phenoxy) is 3. The molecule has 0 spiro atoms. The molecule has 224 valence electrons. The lowest BCUT2D eigenvalue weighted by Gasteiger charge is -2.43. The standard InChI is InChI=1S/C27H44O12/c1-5-6-7-12-15-22(32)16-13-10-8-9-11-14-17-26(37-19(2)29,38-20(3)30)27(25(35)36,39-21(4)31)24(34)23(33)18-28/h10,13,22-23,28,32-33H,5-9,11-12,14-18H2,1-4H3,(H,35,36)/b13-10-/t22-,23?,27?/m1/s1. The van der Waals surface area contributed by atoms with Crippen molar-refractivity contribution in [2.24, 2.45) is 0 Å². The lowest BCUT2D eigenvalue weighted by Crippen LogP contribution is -2.71. The molecule has 0 saturated carbocycles. The summed E-state index contributed by atoms with van der Waals surface area (Å²) in [6.45, 7) is 3.39. The Morgan fingerprint density at radius 2 is 1.36 bits per heavy atom. The van der Waals surface area contributed by atoms with Gasteiger partial charge in [-0.1, -0.05) is 51.2 Å². The summed E-state index contributed by atoms with van der Waals surface area (Å²) < 4.78 is 15.1. The van der Waals surface area contributed by atoms with E-state index in [-0.39, 0.29) is 6.42 Å². The zero-order chi connectivity index (χ0) is 30.1. The van der Waals surface area contributed by atoms with Crippen LogP contribution in [0.25, 0.3) is 0 Å². The lowest BCUT2D eigenvalue weighted by atomic mass is 9.81. The predicted molar refractivity (Wildman–Crippen MR) is 138 cm³/mol. The van der Waals surface area contributed by atoms with Crippen molar-refractivity contribution >= 4 is 29.7 Å². The monoisotopic (exact) mass is 560 g/mol. The van der Waals surface area contributed by atoms with Crippen LogP contribution in [0.15, 0.2) is 12.2 Å². The minimum Gasteiger partial charge on any atom is -0.478 e. The first kappa shape index (κ1) is 36.2. The third kappa shape index (κ3) is 11.8. The molecule has 2 unspecified atom stereocenters. The molecule has 0 aliphatic carbocycles. The Labute approximate surface area is 229 Å². The van der Waals surface area contributed by atoms with Gasteiger partial charge < -0.3 is 34.6 Å². The fourth-order valence-corrected chi connectivity index (χ4v) is 4.16. The van der Waals surface area contributed by atoms with Gasteiger partial charge in [0.1, 0.15) is 6.10 Å². The Kier molecular flexibility index (Phi) is 17.1. The van der Waals surface area contributed by atoms with Crippen LogP contribution < -0.4 is 0 Å². The van der Waals surface area contributed by atoms with E-state index in [2.05, 4.69) is 6.92 Å². The van der Waals surface area contributed by atoms with Gasteiger partial charge >= 0.3 is 35.3 Å². The van der Waals surface area contributed by atoms with Crippen LogP contribution in [-0.4, -0.2) is 80.3 Å². The molecule has 0 aromatic rings. The number of aliphatic hydroxyl groups excluding tert-OH is 3. The molecular weight excluding hydrogens is 516 g/mol. The molecular formula is C27H44O12. The lowest BCUT2D eigenvalue weighted by molar-refractivity contribution is -0.290. The quantitative estimate of drug-likeness (QED) is 0.0527. The number of allylic oxidation sites excluding steroid dienone is 1. The van der Waals surface area contributed by atoms with Crippen LogP contribution in [0, 0.1) is 0 Å². The second-order valence-electron chi connectivity index (χ2n) is 9.39. The smallest absolute Gasteiger partial charge is 0.364 e. The van der Waals surface area contributed by atoms with E-state index in [0.717, 1.165) is 52.9 Å². The third-order valence-corrected chi connectivity index (χ3v) is 5.92. The highest BCUT2D eigenvalue weighted by molar-refractivity contribution is 6.11. The SMILES string of the molecule is CCCCCC[C@@H](O)C/C=C\CCCCCC(OC(C)=O)(OC(C)=O)C(OC(C)=O)(C(=O)O)C(=O)C(O)CO. The minimum absolute atomic E-state index is 0.0489. The van der Waals surface area contributed by atoms with E-state index < -0.39 is 66.3 Å². The van der Waals surface area contributed by atoms with Gasteiger partial charge in [-0.05, 0) is 32.1 Å². The largest absolute Gasteiger partial charge is 0.478 e. The Morgan fingerprint density at radius 1 is 0.795 bits per heavy atom. The predicted octanol–water partition coefficient (Wildman–Crippen LogP) is 2.35. The summed E-state index contributed by atoms with van der Waals surface area (Å²) >= 11 is 0. The Bertz CT molecular complexity index is 821. The van der Waals surface area contributed by atoms with E-state index in [1.165, 1.54) is 0 Å². The third-order valence-electron chi connectivity index (χ3n) is 5.92. The van der Waals surface area contributed by atoms with Gasteiger partial charge in [0.25, 0.3) is 0 Å². The molecule has 3 atom stereocenters. The van der Waals surface area contributed by atoms with Gasteiger partial charge in [0.15, 0.2) is 0 Å². The summed E-state index contributed by atoms with van der Waals surface area (Å²) in [4.78, 5) is 61.5. The van der Waals surface area contributed by atoms with Crippen LogP contribution >= 0.6 is 0 Å². The number of aliphatic hydroxyl groups is 3. The maximum Gasteiger partial charge on any atom is 0.364 e. The highest BCUT2D eigenvalue weighted by atomic mass is 16.8. The summed E-state index contributed by atoms with van der Waals surface area (Å²) in [7, 11) is 0. The van der Waals surface area contributed by atoms with Crippen LogP contribution in [-0.2, 0) is 38.2 Å². The van der Waals surface area contributed by atoms with E-state index in [1.807, 2.05) is 12.2 Å². The van der Waals surface area contributed by atoms with Gasteiger partial charge in [-0.2, -0.15) is 0 Å². The van der Waals surface area contributed by atoms with Gasteiger partial charge in [-0.15, -0.1) is 0 Å². The summed E-state index contributed by atoms with van der Waals surface area (Å²) in [5.41, 5.74) is -3.49. The van der Waals surface area contributed by atoms with Crippen molar-refractivity contribution in [2.75, 3.05) is 6.61 Å². The molecule has 0 aromatic heterocycles. The van der Waals surface area contributed by atoms with Crippen LogP contribution in [0.2, 0.25) is 0 Å². The van der Waals surface area contributed by atoms with E-state index in [1.54, 1.807) is 0 Å². The highest BCUT2D eigenvalue weighted by Gasteiger charge is 2.71. The number of carboxylic acids is 1. The Hall–Kier alpha value is -2.83. The maximum atomic E-state index is 13.1. The molecule has 0 aliphatic heterocycles. The zero-order valence-electron chi connectivity index (χ0n) is 23.3. The molecule has 12 heteroatoms. The molecule has 4 N–H and O–H groups in total. The molecule has 0 rings (SSSR count). The van der Waals surface area contributed by atoms with Gasteiger partial charge in [0.2, 0.25) is 5.78 Å². The summed E-state index contributed by atoms with van der Waals surface area (Å²) in [6.07, 6.45) is 7.61. The number of Topliss-reactive ketones (excluding diaryl/α,β-unsaturated/α-hetero) is 1.